The van der Waals surface area contributed by atoms with Gasteiger partial charge in [-0.1, -0.05) is 0 Å². The van der Waals surface area contributed by atoms with Crippen molar-refractivity contribution >= 4 is 11.9 Å². The molecule has 0 unspecified atom stereocenters. The zero-order valence-electron chi connectivity index (χ0n) is 11.5. The first-order chi connectivity index (χ1) is 9.70. The highest BCUT2D eigenvalue weighted by Gasteiger charge is 2.35. The van der Waals surface area contributed by atoms with Gasteiger partial charge in [0, 0.05) is 13.1 Å². The molecular formula is C12H15F3N4O2. The summed E-state index contributed by atoms with van der Waals surface area (Å²) in [5.74, 6) is 0.312. The Hall–Kier alpha value is -2.06. The summed E-state index contributed by atoms with van der Waals surface area (Å²) in [6.45, 7) is 4.20. The lowest BCUT2D eigenvalue weighted by Gasteiger charge is -2.43. The molecule has 1 aliphatic heterocycles. The number of aromatic nitrogens is 2. The second-order valence-electron chi connectivity index (χ2n) is 5.05. The third kappa shape index (κ3) is 3.17. The van der Waals surface area contributed by atoms with E-state index in [1.165, 1.54) is 4.90 Å². The summed E-state index contributed by atoms with van der Waals surface area (Å²) in [6.07, 6.45) is -3.77. The highest BCUT2D eigenvalue weighted by atomic mass is 19.4. The highest BCUT2D eigenvalue weighted by Crippen LogP contribution is 2.28. The first-order valence-corrected chi connectivity index (χ1v) is 6.35. The number of alkyl halides is 3. The average Bonchev–Trinajstić information content (AvgIpc) is 2.36. The molecule has 116 valence electrons. The van der Waals surface area contributed by atoms with Gasteiger partial charge in [-0.05, 0) is 13.8 Å². The number of anilines is 1. The number of amides is 1. The van der Waals surface area contributed by atoms with Crippen molar-refractivity contribution in [2.45, 2.75) is 32.1 Å². The van der Waals surface area contributed by atoms with Crippen LogP contribution in [0.2, 0.25) is 0 Å². The Balaban J connectivity index is 2.15. The Labute approximate surface area is 119 Å². The van der Waals surface area contributed by atoms with Crippen molar-refractivity contribution in [1.29, 1.82) is 0 Å². The molecule has 0 radical (unpaired) electrons. The van der Waals surface area contributed by atoms with E-state index in [9.17, 15) is 18.0 Å². The lowest BCUT2D eigenvalue weighted by Crippen LogP contribution is -2.58. The van der Waals surface area contributed by atoms with Crippen LogP contribution >= 0.6 is 0 Å². The fraction of sp³-hybridized carbons (Fsp3) is 0.583. The lowest BCUT2D eigenvalue weighted by molar-refractivity contribution is -0.141. The molecule has 6 nitrogen and oxygen atoms in total. The minimum Gasteiger partial charge on any atom is -0.465 e. The smallest absolute Gasteiger partial charge is 0.434 e. The van der Waals surface area contributed by atoms with Crippen molar-refractivity contribution in [2.75, 3.05) is 18.0 Å². The van der Waals surface area contributed by atoms with Gasteiger partial charge in [-0.25, -0.2) is 14.8 Å². The molecule has 0 aliphatic carbocycles. The van der Waals surface area contributed by atoms with Crippen LogP contribution in [-0.4, -0.2) is 51.2 Å². The summed E-state index contributed by atoms with van der Waals surface area (Å²) in [7, 11) is 0. The minimum absolute atomic E-state index is 0.282. The molecule has 2 atom stereocenters. The largest absolute Gasteiger partial charge is 0.465 e. The van der Waals surface area contributed by atoms with Gasteiger partial charge in [0.05, 0.1) is 24.5 Å². The summed E-state index contributed by atoms with van der Waals surface area (Å²) in [6, 6.07) is -0.564. The van der Waals surface area contributed by atoms with Crippen LogP contribution in [0.1, 0.15) is 19.5 Å². The van der Waals surface area contributed by atoms with Gasteiger partial charge in [0.15, 0.2) is 5.69 Å². The van der Waals surface area contributed by atoms with Gasteiger partial charge in [0.25, 0.3) is 0 Å². The maximum atomic E-state index is 12.4. The fourth-order valence-electron chi connectivity index (χ4n) is 2.52. The normalized spacial score (nSPS) is 23.3. The number of halogens is 3. The van der Waals surface area contributed by atoms with E-state index in [4.69, 9.17) is 5.11 Å². The summed E-state index contributed by atoms with van der Waals surface area (Å²) in [4.78, 5) is 21.3. The van der Waals surface area contributed by atoms with Gasteiger partial charge in [-0.3, -0.25) is 4.90 Å². The molecule has 0 aromatic carbocycles. The Morgan fingerprint density at radius 1 is 1.24 bits per heavy atom. The molecule has 0 saturated carbocycles. The van der Waals surface area contributed by atoms with Crippen LogP contribution in [0, 0.1) is 0 Å². The molecule has 0 bridgehead atoms. The molecule has 1 aliphatic rings. The maximum absolute atomic E-state index is 12.4. The third-order valence-electron chi connectivity index (χ3n) is 3.39. The van der Waals surface area contributed by atoms with Crippen LogP contribution in [0.25, 0.3) is 0 Å². The second-order valence-corrected chi connectivity index (χ2v) is 5.05. The van der Waals surface area contributed by atoms with Gasteiger partial charge in [-0.15, -0.1) is 0 Å². The zero-order valence-corrected chi connectivity index (χ0v) is 11.5. The maximum Gasteiger partial charge on any atom is 0.434 e. The van der Waals surface area contributed by atoms with Crippen LogP contribution < -0.4 is 4.90 Å². The van der Waals surface area contributed by atoms with E-state index in [2.05, 4.69) is 9.97 Å². The predicted octanol–water partition coefficient (Wildman–Crippen LogP) is 2.07. The van der Waals surface area contributed by atoms with Crippen LogP contribution in [0.5, 0.6) is 0 Å². The molecule has 0 spiro atoms. The van der Waals surface area contributed by atoms with Crippen molar-refractivity contribution in [3.8, 4) is 0 Å². The predicted molar refractivity (Wildman–Crippen MR) is 68.0 cm³/mol. The lowest BCUT2D eigenvalue weighted by atomic mass is 10.1. The van der Waals surface area contributed by atoms with Crippen LogP contribution in [0.4, 0.5) is 23.8 Å². The SMILES string of the molecule is C[C@@H]1CN(c2cnc(C(F)(F)F)cn2)C[C@H](C)N1C(=O)O. The van der Waals surface area contributed by atoms with Crippen molar-refractivity contribution in [3.05, 3.63) is 18.1 Å². The van der Waals surface area contributed by atoms with E-state index < -0.39 is 18.0 Å². The molecule has 2 rings (SSSR count). The molecule has 21 heavy (non-hydrogen) atoms. The van der Waals surface area contributed by atoms with Gasteiger partial charge in [0.2, 0.25) is 0 Å². The Bertz CT molecular complexity index is 508. The molecule has 2 heterocycles. The van der Waals surface area contributed by atoms with Gasteiger partial charge in [0.1, 0.15) is 5.82 Å². The van der Waals surface area contributed by atoms with Crippen LogP contribution in [-0.2, 0) is 6.18 Å². The van der Waals surface area contributed by atoms with Gasteiger partial charge < -0.3 is 10.0 Å². The van der Waals surface area contributed by atoms with Gasteiger partial charge >= 0.3 is 12.3 Å². The molecule has 1 saturated heterocycles. The molecule has 1 aromatic heterocycles. The number of nitrogens with zero attached hydrogens (tertiary/aromatic N) is 4. The number of carboxylic acid groups (broad SMARTS) is 1. The van der Waals surface area contributed by atoms with E-state index in [0.29, 0.717) is 25.1 Å². The average molecular weight is 304 g/mol. The van der Waals surface area contributed by atoms with Gasteiger partial charge in [-0.2, -0.15) is 13.2 Å². The van der Waals surface area contributed by atoms with Crippen LogP contribution in [0.3, 0.4) is 0 Å². The first-order valence-electron chi connectivity index (χ1n) is 6.35. The Morgan fingerprint density at radius 3 is 2.19 bits per heavy atom. The number of piperazine rings is 1. The van der Waals surface area contributed by atoms with Crippen molar-refractivity contribution in [3.63, 3.8) is 0 Å². The molecule has 1 aromatic rings. The highest BCUT2D eigenvalue weighted by molar-refractivity contribution is 5.66. The van der Waals surface area contributed by atoms with E-state index in [1.807, 2.05) is 0 Å². The van der Waals surface area contributed by atoms with Crippen LogP contribution in [0.15, 0.2) is 12.4 Å². The standard InChI is InChI=1S/C12H15F3N4O2/c1-7-5-18(6-8(2)19(7)11(20)21)10-4-16-9(3-17-10)12(13,14)15/h3-4,7-8H,5-6H2,1-2H3,(H,20,21)/t7-,8+. The second kappa shape index (κ2) is 5.38. The third-order valence-corrected chi connectivity index (χ3v) is 3.39. The minimum atomic E-state index is -4.52. The number of rotatable bonds is 1. The number of hydrogen-bond donors (Lipinski definition) is 1. The van der Waals surface area contributed by atoms with Crippen molar-refractivity contribution < 1.29 is 23.1 Å². The summed E-state index contributed by atoms with van der Waals surface area (Å²) in [5, 5.41) is 9.12. The molecule has 9 heteroatoms. The van der Waals surface area contributed by atoms with Crippen molar-refractivity contribution in [2.24, 2.45) is 0 Å². The Morgan fingerprint density at radius 2 is 1.81 bits per heavy atom. The molecular weight excluding hydrogens is 289 g/mol. The quantitative estimate of drug-likeness (QED) is 0.860. The molecule has 1 fully saturated rings. The summed E-state index contributed by atoms with van der Waals surface area (Å²) >= 11 is 0. The van der Waals surface area contributed by atoms with E-state index >= 15 is 0 Å². The Kier molecular flexibility index (Phi) is 3.93. The van der Waals surface area contributed by atoms with E-state index in [-0.39, 0.29) is 12.1 Å². The number of carbonyl (C=O) groups is 1. The van der Waals surface area contributed by atoms with Crippen molar-refractivity contribution in [1.82, 2.24) is 14.9 Å². The van der Waals surface area contributed by atoms with E-state index in [1.54, 1.807) is 18.7 Å². The number of hydrogen-bond acceptors (Lipinski definition) is 4. The zero-order chi connectivity index (χ0) is 15.8. The summed E-state index contributed by atoms with van der Waals surface area (Å²) in [5.41, 5.74) is -1.04. The topological polar surface area (TPSA) is 69.6 Å². The molecule has 1 N–H and O–H groups in total. The van der Waals surface area contributed by atoms with E-state index in [0.717, 1.165) is 6.20 Å². The fourth-order valence-corrected chi connectivity index (χ4v) is 2.52. The first kappa shape index (κ1) is 15.3. The summed E-state index contributed by atoms with van der Waals surface area (Å²) < 4.78 is 37.3. The molecule has 1 amide bonds. The monoisotopic (exact) mass is 304 g/mol.